The first-order valence-electron chi connectivity index (χ1n) is 6.95. The van der Waals surface area contributed by atoms with Gasteiger partial charge >= 0.3 is 0 Å². The van der Waals surface area contributed by atoms with Gasteiger partial charge in [-0.25, -0.2) is 9.97 Å². The van der Waals surface area contributed by atoms with Crippen LogP contribution in [0.2, 0.25) is 0 Å². The maximum Gasteiger partial charge on any atom is 0.225 e. The normalized spacial score (nSPS) is 17.1. The lowest BCUT2D eigenvalue weighted by atomic mass is 9.99. The van der Waals surface area contributed by atoms with E-state index >= 15 is 0 Å². The Morgan fingerprint density at radius 3 is 2.63 bits per heavy atom. The van der Waals surface area contributed by atoms with E-state index in [0.29, 0.717) is 6.61 Å². The van der Waals surface area contributed by atoms with E-state index in [1.807, 2.05) is 0 Å². The molecule has 5 heteroatoms. The van der Waals surface area contributed by atoms with Crippen molar-refractivity contribution in [2.45, 2.75) is 27.2 Å². The molecule has 5 nitrogen and oxygen atoms in total. The monoisotopic (exact) mass is 264 g/mol. The number of aromatic nitrogens is 2. The fourth-order valence-corrected chi connectivity index (χ4v) is 1.89. The summed E-state index contributed by atoms with van der Waals surface area (Å²) in [6, 6.07) is 0. The lowest BCUT2D eigenvalue weighted by molar-refractivity contribution is 0.196. The summed E-state index contributed by atoms with van der Waals surface area (Å²) in [4.78, 5) is 11.0. The molecule has 0 amide bonds. The largest absolute Gasteiger partial charge is 0.490 e. The maximum absolute atomic E-state index is 5.68. The molecule has 0 spiro atoms. The number of hydrogen-bond acceptors (Lipinski definition) is 5. The van der Waals surface area contributed by atoms with Crippen LogP contribution in [-0.4, -0.2) is 42.8 Å². The minimum Gasteiger partial charge on any atom is -0.490 e. The molecule has 2 heterocycles. The summed E-state index contributed by atoms with van der Waals surface area (Å²) in [7, 11) is 0. The molecule has 1 aliphatic rings. The lowest BCUT2D eigenvalue weighted by Crippen LogP contribution is -2.29. The van der Waals surface area contributed by atoms with Crippen molar-refractivity contribution in [2.24, 2.45) is 5.41 Å². The van der Waals surface area contributed by atoms with E-state index < -0.39 is 0 Å². The molecule has 1 fully saturated rings. The van der Waals surface area contributed by atoms with Crippen LogP contribution in [0, 0.1) is 5.41 Å². The molecule has 0 unspecified atom stereocenters. The molecule has 1 aromatic rings. The third-order valence-electron chi connectivity index (χ3n) is 2.91. The highest BCUT2D eigenvalue weighted by Gasteiger charge is 2.13. The standard InChI is InChI=1S/C14H24N4O/c1-14(2,3)11-19-12-9-16-13(17-10-12)18-7-4-5-15-6-8-18/h9-10,15H,4-8,11H2,1-3H3. The Labute approximate surface area is 115 Å². The van der Waals surface area contributed by atoms with Crippen molar-refractivity contribution < 1.29 is 4.74 Å². The van der Waals surface area contributed by atoms with Crippen LogP contribution in [0.5, 0.6) is 5.75 Å². The van der Waals surface area contributed by atoms with Crippen molar-refractivity contribution in [3.63, 3.8) is 0 Å². The van der Waals surface area contributed by atoms with Crippen molar-refractivity contribution in [3.05, 3.63) is 12.4 Å². The zero-order chi connectivity index (χ0) is 13.7. The summed E-state index contributed by atoms with van der Waals surface area (Å²) in [6.45, 7) is 11.1. The zero-order valence-corrected chi connectivity index (χ0v) is 12.1. The second kappa shape index (κ2) is 6.19. The van der Waals surface area contributed by atoms with Gasteiger partial charge in [-0.1, -0.05) is 20.8 Å². The molecular formula is C14H24N4O. The summed E-state index contributed by atoms with van der Waals surface area (Å²) in [5, 5.41) is 3.37. The van der Waals surface area contributed by atoms with Gasteiger partial charge in [0.15, 0.2) is 5.75 Å². The van der Waals surface area contributed by atoms with Crippen LogP contribution in [0.3, 0.4) is 0 Å². The first-order chi connectivity index (χ1) is 9.04. The molecule has 0 radical (unpaired) electrons. The molecule has 19 heavy (non-hydrogen) atoms. The Hall–Kier alpha value is -1.36. The van der Waals surface area contributed by atoms with E-state index in [9.17, 15) is 0 Å². The number of nitrogens with zero attached hydrogens (tertiary/aromatic N) is 3. The summed E-state index contributed by atoms with van der Waals surface area (Å²) in [6.07, 6.45) is 4.67. The topological polar surface area (TPSA) is 50.3 Å². The third kappa shape index (κ3) is 4.67. The Bertz CT molecular complexity index is 377. The molecule has 1 aromatic heterocycles. The maximum atomic E-state index is 5.68. The van der Waals surface area contributed by atoms with Gasteiger partial charge in [-0.2, -0.15) is 0 Å². The number of rotatable bonds is 3. The molecule has 1 aliphatic heterocycles. The van der Waals surface area contributed by atoms with E-state index in [1.165, 1.54) is 0 Å². The number of anilines is 1. The highest BCUT2D eigenvalue weighted by Crippen LogP contribution is 2.17. The van der Waals surface area contributed by atoms with Crippen molar-refractivity contribution in [3.8, 4) is 5.75 Å². The summed E-state index contributed by atoms with van der Waals surface area (Å²) >= 11 is 0. The van der Waals surface area contributed by atoms with Crippen LogP contribution in [0.1, 0.15) is 27.2 Å². The Balaban J connectivity index is 1.93. The molecule has 0 saturated carbocycles. The summed E-state index contributed by atoms with van der Waals surface area (Å²) < 4.78 is 5.68. The van der Waals surface area contributed by atoms with E-state index in [2.05, 4.69) is 41.0 Å². The smallest absolute Gasteiger partial charge is 0.225 e. The van der Waals surface area contributed by atoms with Crippen molar-refractivity contribution >= 4 is 5.95 Å². The second-order valence-corrected chi connectivity index (χ2v) is 6.16. The molecule has 0 aromatic carbocycles. The van der Waals surface area contributed by atoms with Crippen LogP contribution in [0.25, 0.3) is 0 Å². The SMILES string of the molecule is CC(C)(C)COc1cnc(N2CCCNCC2)nc1. The van der Waals surface area contributed by atoms with Gasteiger partial charge in [0.05, 0.1) is 19.0 Å². The quantitative estimate of drug-likeness (QED) is 0.900. The molecular weight excluding hydrogens is 240 g/mol. The fraction of sp³-hybridized carbons (Fsp3) is 0.714. The van der Waals surface area contributed by atoms with Crippen LogP contribution in [-0.2, 0) is 0 Å². The molecule has 0 atom stereocenters. The van der Waals surface area contributed by atoms with Gasteiger partial charge < -0.3 is 15.0 Å². The van der Waals surface area contributed by atoms with E-state index in [4.69, 9.17) is 4.74 Å². The molecule has 2 rings (SSSR count). The van der Waals surface area contributed by atoms with Crippen molar-refractivity contribution in [1.29, 1.82) is 0 Å². The first-order valence-corrected chi connectivity index (χ1v) is 6.95. The van der Waals surface area contributed by atoms with Gasteiger partial charge in [0, 0.05) is 19.6 Å². The summed E-state index contributed by atoms with van der Waals surface area (Å²) in [5.74, 6) is 1.54. The number of nitrogens with one attached hydrogen (secondary N) is 1. The predicted molar refractivity (Wildman–Crippen MR) is 76.7 cm³/mol. The fourth-order valence-electron chi connectivity index (χ4n) is 1.89. The first kappa shape index (κ1) is 14.1. The Kier molecular flexibility index (Phi) is 4.58. The average Bonchev–Trinajstić information content (AvgIpc) is 2.65. The van der Waals surface area contributed by atoms with E-state index in [1.54, 1.807) is 12.4 Å². The molecule has 0 aliphatic carbocycles. The molecule has 106 valence electrons. The van der Waals surface area contributed by atoms with Crippen molar-refractivity contribution in [2.75, 3.05) is 37.7 Å². The highest BCUT2D eigenvalue weighted by molar-refractivity contribution is 5.31. The van der Waals surface area contributed by atoms with Gasteiger partial charge in [0.25, 0.3) is 0 Å². The predicted octanol–water partition coefficient (Wildman–Crippen LogP) is 1.70. The van der Waals surface area contributed by atoms with Gasteiger partial charge in [-0.05, 0) is 18.4 Å². The average molecular weight is 264 g/mol. The molecule has 0 bridgehead atoms. The third-order valence-corrected chi connectivity index (χ3v) is 2.91. The van der Waals surface area contributed by atoms with Gasteiger partial charge in [0.1, 0.15) is 0 Å². The number of hydrogen-bond donors (Lipinski definition) is 1. The number of ether oxygens (including phenoxy) is 1. The minimum absolute atomic E-state index is 0.148. The van der Waals surface area contributed by atoms with E-state index in [0.717, 1.165) is 44.3 Å². The van der Waals surface area contributed by atoms with Gasteiger partial charge in [-0.3, -0.25) is 0 Å². The zero-order valence-electron chi connectivity index (χ0n) is 12.1. The summed E-state index contributed by atoms with van der Waals surface area (Å²) in [5.41, 5.74) is 0.148. The van der Waals surface area contributed by atoms with Gasteiger partial charge in [0.2, 0.25) is 5.95 Å². The van der Waals surface area contributed by atoms with Crippen LogP contribution in [0.4, 0.5) is 5.95 Å². The highest BCUT2D eigenvalue weighted by atomic mass is 16.5. The Morgan fingerprint density at radius 2 is 1.95 bits per heavy atom. The second-order valence-electron chi connectivity index (χ2n) is 6.16. The van der Waals surface area contributed by atoms with Crippen molar-refractivity contribution in [1.82, 2.24) is 15.3 Å². The molecule has 1 N–H and O–H groups in total. The lowest BCUT2D eigenvalue weighted by Gasteiger charge is -2.21. The van der Waals surface area contributed by atoms with E-state index in [-0.39, 0.29) is 5.41 Å². The van der Waals surface area contributed by atoms with Crippen LogP contribution >= 0.6 is 0 Å². The van der Waals surface area contributed by atoms with Crippen LogP contribution < -0.4 is 15.0 Å². The molecule has 1 saturated heterocycles. The minimum atomic E-state index is 0.148. The van der Waals surface area contributed by atoms with Gasteiger partial charge in [-0.15, -0.1) is 0 Å². The Morgan fingerprint density at radius 1 is 1.21 bits per heavy atom. The van der Waals surface area contributed by atoms with Crippen LogP contribution in [0.15, 0.2) is 12.4 Å².